The lowest BCUT2D eigenvalue weighted by Gasteiger charge is -2.26. The van der Waals surface area contributed by atoms with Crippen LogP contribution in [0.4, 0.5) is 4.39 Å². The maximum absolute atomic E-state index is 13.4. The van der Waals surface area contributed by atoms with Crippen LogP contribution in [0.2, 0.25) is 0 Å². The fraction of sp³-hybridized carbons (Fsp3) is 0.467. The summed E-state index contributed by atoms with van der Waals surface area (Å²) in [5.41, 5.74) is 0.0198. The molecule has 0 saturated carbocycles. The predicted octanol–water partition coefficient (Wildman–Crippen LogP) is 3.60. The van der Waals surface area contributed by atoms with Gasteiger partial charge < -0.3 is 10.4 Å². The Morgan fingerprint density at radius 1 is 1.38 bits per heavy atom. The lowest BCUT2D eigenvalue weighted by molar-refractivity contribution is -0.137. The molecule has 1 atom stereocenters. The fourth-order valence-corrected chi connectivity index (χ4v) is 2.51. The van der Waals surface area contributed by atoms with Crippen molar-refractivity contribution in [1.82, 2.24) is 5.32 Å². The summed E-state index contributed by atoms with van der Waals surface area (Å²) in [6, 6.07) is 3.65. The van der Waals surface area contributed by atoms with Gasteiger partial charge in [0.15, 0.2) is 0 Å². The molecule has 0 aromatic heterocycles. The van der Waals surface area contributed by atoms with Crippen LogP contribution >= 0.6 is 15.9 Å². The summed E-state index contributed by atoms with van der Waals surface area (Å²) in [5, 5.41) is 11.6. The van der Waals surface area contributed by atoms with E-state index in [4.69, 9.17) is 5.11 Å². The molecule has 21 heavy (non-hydrogen) atoms. The van der Waals surface area contributed by atoms with Crippen molar-refractivity contribution in [2.75, 3.05) is 0 Å². The first-order valence-corrected chi connectivity index (χ1v) is 7.36. The molecule has 0 aliphatic carbocycles. The molecule has 1 aromatic carbocycles. The quantitative estimate of drug-likeness (QED) is 0.843. The van der Waals surface area contributed by atoms with Crippen molar-refractivity contribution in [2.45, 2.75) is 39.7 Å². The number of aliphatic carboxylic acids is 1. The van der Waals surface area contributed by atoms with Crippen LogP contribution in [0.5, 0.6) is 0 Å². The Bertz CT molecular complexity index is 540. The molecular formula is C15H19BrFNO3. The number of carbonyl (C=O) groups is 2. The van der Waals surface area contributed by atoms with E-state index in [-0.39, 0.29) is 21.9 Å². The van der Waals surface area contributed by atoms with E-state index in [9.17, 15) is 14.0 Å². The molecule has 0 saturated heterocycles. The number of benzene rings is 1. The molecular weight excluding hydrogens is 341 g/mol. The number of carboxylic acid groups (broad SMARTS) is 1. The minimum absolute atomic E-state index is 0.0762. The Kier molecular flexibility index (Phi) is 5.89. The summed E-state index contributed by atoms with van der Waals surface area (Å²) in [5.74, 6) is -2.01. The zero-order chi connectivity index (χ0) is 16.2. The van der Waals surface area contributed by atoms with Crippen molar-refractivity contribution in [1.29, 1.82) is 0 Å². The van der Waals surface area contributed by atoms with Crippen molar-refractivity contribution in [3.05, 3.63) is 34.1 Å². The first-order chi connectivity index (χ1) is 9.60. The van der Waals surface area contributed by atoms with E-state index in [0.29, 0.717) is 6.42 Å². The van der Waals surface area contributed by atoms with Crippen LogP contribution in [0.1, 0.15) is 44.0 Å². The molecule has 0 aliphatic heterocycles. The van der Waals surface area contributed by atoms with Gasteiger partial charge in [0.05, 0.1) is 16.5 Å². The molecule has 0 fully saturated rings. The average Bonchev–Trinajstić information content (AvgIpc) is 2.29. The first-order valence-electron chi connectivity index (χ1n) is 6.57. The van der Waals surface area contributed by atoms with E-state index in [1.54, 1.807) is 0 Å². The predicted molar refractivity (Wildman–Crippen MR) is 81.7 cm³/mol. The molecule has 0 spiro atoms. The molecule has 0 aliphatic rings. The van der Waals surface area contributed by atoms with Crippen LogP contribution in [0.15, 0.2) is 22.7 Å². The van der Waals surface area contributed by atoms with Crippen molar-refractivity contribution < 1.29 is 19.1 Å². The SMILES string of the molecule is CC(C)(C)CC(CC(=O)O)NC(=O)c1cccc(F)c1Br. The van der Waals surface area contributed by atoms with Gasteiger partial charge in [-0.05, 0) is 39.9 Å². The van der Waals surface area contributed by atoms with Gasteiger partial charge >= 0.3 is 5.97 Å². The monoisotopic (exact) mass is 359 g/mol. The third-order valence-corrected chi connectivity index (χ3v) is 3.62. The second-order valence-electron chi connectivity index (χ2n) is 6.13. The highest BCUT2D eigenvalue weighted by Crippen LogP contribution is 2.24. The van der Waals surface area contributed by atoms with Gasteiger partial charge in [0.1, 0.15) is 5.82 Å². The van der Waals surface area contributed by atoms with Crippen LogP contribution in [0.25, 0.3) is 0 Å². The number of amides is 1. The summed E-state index contributed by atoms with van der Waals surface area (Å²) in [7, 11) is 0. The normalized spacial score (nSPS) is 12.8. The van der Waals surface area contributed by atoms with Crippen molar-refractivity contribution in [3.63, 3.8) is 0 Å². The Morgan fingerprint density at radius 3 is 2.52 bits per heavy atom. The number of hydrogen-bond donors (Lipinski definition) is 2. The molecule has 116 valence electrons. The molecule has 0 radical (unpaired) electrons. The van der Waals surface area contributed by atoms with Gasteiger partial charge in [-0.25, -0.2) is 4.39 Å². The van der Waals surface area contributed by atoms with Crippen LogP contribution in [-0.2, 0) is 4.79 Å². The summed E-state index contributed by atoms with van der Waals surface area (Å²) >= 11 is 3.03. The average molecular weight is 360 g/mol. The first kappa shape index (κ1) is 17.6. The molecule has 1 amide bonds. The zero-order valence-corrected chi connectivity index (χ0v) is 13.8. The smallest absolute Gasteiger partial charge is 0.305 e. The molecule has 0 bridgehead atoms. The van der Waals surface area contributed by atoms with Gasteiger partial charge in [0, 0.05) is 6.04 Å². The van der Waals surface area contributed by atoms with E-state index in [0.717, 1.165) is 0 Å². The molecule has 1 aromatic rings. The van der Waals surface area contributed by atoms with E-state index in [1.165, 1.54) is 18.2 Å². The van der Waals surface area contributed by atoms with Crippen LogP contribution < -0.4 is 5.32 Å². The second-order valence-corrected chi connectivity index (χ2v) is 6.93. The maximum Gasteiger partial charge on any atom is 0.305 e. The number of carbonyl (C=O) groups excluding carboxylic acids is 1. The topological polar surface area (TPSA) is 66.4 Å². The zero-order valence-electron chi connectivity index (χ0n) is 12.2. The minimum atomic E-state index is -0.983. The highest BCUT2D eigenvalue weighted by molar-refractivity contribution is 9.10. The summed E-state index contributed by atoms with van der Waals surface area (Å²) < 4.78 is 13.5. The van der Waals surface area contributed by atoms with Gasteiger partial charge in [-0.2, -0.15) is 0 Å². The fourth-order valence-electron chi connectivity index (χ4n) is 2.07. The molecule has 0 heterocycles. The van der Waals surface area contributed by atoms with Crippen molar-refractivity contribution in [2.24, 2.45) is 5.41 Å². The van der Waals surface area contributed by atoms with Gasteiger partial charge in [-0.1, -0.05) is 26.8 Å². The number of halogens is 2. The summed E-state index contributed by atoms with van der Waals surface area (Å²) in [6.45, 7) is 5.89. The van der Waals surface area contributed by atoms with Crippen molar-refractivity contribution in [3.8, 4) is 0 Å². The van der Waals surface area contributed by atoms with Gasteiger partial charge in [0.25, 0.3) is 5.91 Å². The van der Waals surface area contributed by atoms with E-state index < -0.39 is 23.7 Å². The van der Waals surface area contributed by atoms with E-state index in [1.807, 2.05) is 20.8 Å². The largest absolute Gasteiger partial charge is 0.481 e. The maximum atomic E-state index is 13.4. The van der Waals surface area contributed by atoms with Crippen LogP contribution in [0.3, 0.4) is 0 Å². The van der Waals surface area contributed by atoms with Gasteiger partial charge in [-0.15, -0.1) is 0 Å². The standard InChI is InChI=1S/C15H19BrFNO3/c1-15(2,3)8-9(7-12(19)20)18-14(21)10-5-4-6-11(17)13(10)16/h4-6,9H,7-8H2,1-3H3,(H,18,21)(H,19,20). The molecule has 4 nitrogen and oxygen atoms in total. The number of hydrogen-bond acceptors (Lipinski definition) is 2. The Labute approximate surface area is 131 Å². The van der Waals surface area contributed by atoms with Gasteiger partial charge in [-0.3, -0.25) is 9.59 Å². The molecule has 1 rings (SSSR count). The Hall–Kier alpha value is -1.43. The lowest BCUT2D eigenvalue weighted by atomic mass is 9.87. The molecule has 2 N–H and O–H groups in total. The lowest BCUT2D eigenvalue weighted by Crippen LogP contribution is -2.39. The second kappa shape index (κ2) is 7.02. The van der Waals surface area contributed by atoms with Crippen LogP contribution in [0, 0.1) is 11.2 Å². The van der Waals surface area contributed by atoms with Crippen LogP contribution in [-0.4, -0.2) is 23.0 Å². The van der Waals surface area contributed by atoms with E-state index in [2.05, 4.69) is 21.2 Å². The third kappa shape index (κ3) is 5.83. The summed E-state index contributed by atoms with van der Waals surface area (Å²) in [6.07, 6.45) is 0.341. The number of rotatable bonds is 5. The number of carboxylic acids is 1. The number of nitrogens with one attached hydrogen (secondary N) is 1. The minimum Gasteiger partial charge on any atom is -0.481 e. The highest BCUT2D eigenvalue weighted by atomic mass is 79.9. The Balaban J connectivity index is 2.89. The summed E-state index contributed by atoms with van der Waals surface area (Å²) in [4.78, 5) is 23.1. The van der Waals surface area contributed by atoms with Gasteiger partial charge in [0.2, 0.25) is 0 Å². The molecule has 1 unspecified atom stereocenters. The highest BCUT2D eigenvalue weighted by Gasteiger charge is 2.24. The third-order valence-electron chi connectivity index (χ3n) is 2.81. The Morgan fingerprint density at radius 2 is 2.00 bits per heavy atom. The van der Waals surface area contributed by atoms with E-state index >= 15 is 0 Å². The van der Waals surface area contributed by atoms with Crippen molar-refractivity contribution >= 4 is 27.8 Å². The molecule has 6 heteroatoms.